The summed E-state index contributed by atoms with van der Waals surface area (Å²) in [5.41, 5.74) is 2.82. The van der Waals surface area contributed by atoms with E-state index in [1.54, 1.807) is 6.07 Å². The lowest BCUT2D eigenvalue weighted by atomic mass is 9.87. The number of aromatic nitrogens is 5. The van der Waals surface area contributed by atoms with Gasteiger partial charge >= 0.3 is 0 Å². The number of nitrogen functional groups attached to an aromatic ring is 1. The van der Waals surface area contributed by atoms with Gasteiger partial charge in [0.05, 0.1) is 16.7 Å². The maximum absolute atomic E-state index is 12.4. The molecule has 0 aliphatic rings. The third kappa shape index (κ3) is 4.62. The van der Waals surface area contributed by atoms with E-state index in [1.807, 2.05) is 31.2 Å². The fourth-order valence-corrected chi connectivity index (χ4v) is 4.00. The molecule has 166 valence electrons. The highest BCUT2D eigenvalue weighted by Gasteiger charge is 2.15. The number of para-hydroxylation sites is 1. The number of nitrogens with one attached hydrogen (secondary N) is 1. The van der Waals surface area contributed by atoms with Gasteiger partial charge in [0, 0.05) is 0 Å². The summed E-state index contributed by atoms with van der Waals surface area (Å²) in [6, 6.07) is 13.6. The van der Waals surface area contributed by atoms with E-state index in [1.165, 1.54) is 22.0 Å². The molecule has 0 bridgehead atoms. The van der Waals surface area contributed by atoms with Gasteiger partial charge in [0.15, 0.2) is 5.82 Å². The van der Waals surface area contributed by atoms with Gasteiger partial charge < -0.3 is 15.6 Å². The quantitative estimate of drug-likeness (QED) is 0.340. The minimum atomic E-state index is -0.157. The summed E-state index contributed by atoms with van der Waals surface area (Å²) in [7, 11) is 0. The minimum Gasteiger partial charge on any atom is -0.486 e. The number of nitrogens with two attached hydrogens (primary N) is 1. The van der Waals surface area contributed by atoms with Crippen molar-refractivity contribution >= 4 is 22.7 Å². The van der Waals surface area contributed by atoms with Gasteiger partial charge in [-0.2, -0.15) is 0 Å². The maximum Gasteiger partial charge on any atom is 0.258 e. The molecule has 0 atom stereocenters. The first kappa shape index (κ1) is 21.9. The zero-order chi connectivity index (χ0) is 22.9. The number of H-pyrrole nitrogens is 1. The molecular formula is C23H26N6O2S. The Kier molecular flexibility index (Phi) is 5.92. The molecule has 0 saturated carbocycles. The van der Waals surface area contributed by atoms with E-state index in [4.69, 9.17) is 10.6 Å². The van der Waals surface area contributed by atoms with E-state index in [-0.39, 0.29) is 17.6 Å². The molecule has 0 amide bonds. The molecule has 4 rings (SSSR count). The van der Waals surface area contributed by atoms with Crippen molar-refractivity contribution in [3.05, 3.63) is 75.6 Å². The Morgan fingerprint density at radius 2 is 1.88 bits per heavy atom. The third-order valence-electron chi connectivity index (χ3n) is 5.15. The monoisotopic (exact) mass is 450 g/mol. The van der Waals surface area contributed by atoms with Crippen molar-refractivity contribution in [3.63, 3.8) is 0 Å². The highest BCUT2D eigenvalue weighted by molar-refractivity contribution is 7.98. The average Bonchev–Trinajstić information content (AvgIpc) is 3.10. The topological polar surface area (TPSA) is 112 Å². The first-order valence-corrected chi connectivity index (χ1v) is 11.2. The predicted molar refractivity (Wildman–Crippen MR) is 126 cm³/mol. The van der Waals surface area contributed by atoms with Crippen LogP contribution in [0.5, 0.6) is 5.75 Å². The number of rotatable bonds is 6. The van der Waals surface area contributed by atoms with E-state index in [2.05, 4.69) is 53.1 Å². The Labute approximate surface area is 190 Å². The molecule has 8 nitrogen and oxygen atoms in total. The van der Waals surface area contributed by atoms with Crippen molar-refractivity contribution in [2.75, 3.05) is 5.84 Å². The number of thioether (sulfide) groups is 1. The van der Waals surface area contributed by atoms with Gasteiger partial charge in [-0.05, 0) is 41.7 Å². The second kappa shape index (κ2) is 8.66. The second-order valence-electron chi connectivity index (χ2n) is 8.60. The molecule has 3 N–H and O–H groups in total. The summed E-state index contributed by atoms with van der Waals surface area (Å²) in [5, 5.41) is 9.37. The van der Waals surface area contributed by atoms with Gasteiger partial charge in [-0.25, -0.2) is 9.66 Å². The van der Waals surface area contributed by atoms with Gasteiger partial charge in [-0.1, -0.05) is 56.8 Å². The molecular weight excluding hydrogens is 424 g/mol. The molecule has 0 aliphatic carbocycles. The molecule has 2 aromatic heterocycles. The van der Waals surface area contributed by atoms with Gasteiger partial charge in [0.25, 0.3) is 5.56 Å². The molecule has 0 fully saturated rings. The summed E-state index contributed by atoms with van der Waals surface area (Å²) in [4.78, 5) is 19.8. The third-order valence-corrected chi connectivity index (χ3v) is 6.10. The Morgan fingerprint density at radius 3 is 2.59 bits per heavy atom. The predicted octanol–water partition coefficient (Wildman–Crippen LogP) is 3.71. The van der Waals surface area contributed by atoms with Gasteiger partial charge in [-0.15, -0.1) is 10.2 Å². The summed E-state index contributed by atoms with van der Waals surface area (Å²) < 4.78 is 7.22. The van der Waals surface area contributed by atoms with E-state index in [0.29, 0.717) is 33.5 Å². The van der Waals surface area contributed by atoms with Gasteiger partial charge in [-0.3, -0.25) is 4.79 Å². The normalized spacial score (nSPS) is 11.8. The molecule has 0 radical (unpaired) electrons. The SMILES string of the molecule is Cc1cccc2c(=O)[nH]c(CSc3nnc(COc4ccc(C(C)(C)C)cc4)n3N)nc12. The molecule has 0 unspecified atom stereocenters. The Hall–Kier alpha value is -3.33. The number of aryl methyl sites for hydroxylation is 1. The van der Waals surface area contributed by atoms with Crippen molar-refractivity contribution in [3.8, 4) is 5.75 Å². The lowest BCUT2D eigenvalue weighted by Gasteiger charge is -2.19. The van der Waals surface area contributed by atoms with Crippen LogP contribution in [0.2, 0.25) is 0 Å². The van der Waals surface area contributed by atoms with Crippen molar-refractivity contribution in [2.45, 2.75) is 50.6 Å². The summed E-state index contributed by atoms with van der Waals surface area (Å²) in [6.07, 6.45) is 0. The van der Waals surface area contributed by atoms with Crippen LogP contribution < -0.4 is 16.1 Å². The number of benzene rings is 2. The summed E-state index contributed by atoms with van der Waals surface area (Å²) in [6.45, 7) is 8.64. The highest BCUT2D eigenvalue weighted by Crippen LogP contribution is 2.25. The van der Waals surface area contributed by atoms with Crippen LogP contribution in [0.3, 0.4) is 0 Å². The number of hydrogen-bond acceptors (Lipinski definition) is 7. The first-order chi connectivity index (χ1) is 15.2. The summed E-state index contributed by atoms with van der Waals surface area (Å²) >= 11 is 1.35. The average molecular weight is 451 g/mol. The number of aromatic amines is 1. The zero-order valence-corrected chi connectivity index (χ0v) is 19.4. The van der Waals surface area contributed by atoms with Crippen LogP contribution in [0.1, 0.15) is 43.5 Å². The highest BCUT2D eigenvalue weighted by atomic mass is 32.2. The number of fused-ring (bicyclic) bond motifs is 1. The Morgan fingerprint density at radius 1 is 1.12 bits per heavy atom. The van der Waals surface area contributed by atoms with Crippen molar-refractivity contribution in [1.29, 1.82) is 0 Å². The molecule has 32 heavy (non-hydrogen) atoms. The lowest BCUT2D eigenvalue weighted by Crippen LogP contribution is -2.16. The van der Waals surface area contributed by atoms with E-state index < -0.39 is 0 Å². The standard InChI is InChI=1S/C23H26N6O2S/c1-14-6-5-7-17-20(14)25-18(26-21(17)30)13-32-22-28-27-19(29(22)24)12-31-16-10-8-15(9-11-16)23(2,3)4/h5-11H,12-13,24H2,1-4H3,(H,25,26,30). The number of hydrogen-bond donors (Lipinski definition) is 2. The lowest BCUT2D eigenvalue weighted by molar-refractivity contribution is 0.291. The molecule has 0 saturated heterocycles. The fourth-order valence-electron chi connectivity index (χ4n) is 3.26. The van der Waals surface area contributed by atoms with E-state index in [9.17, 15) is 4.79 Å². The van der Waals surface area contributed by atoms with Crippen LogP contribution in [0, 0.1) is 6.92 Å². The van der Waals surface area contributed by atoms with Gasteiger partial charge in [0.2, 0.25) is 5.16 Å². The Bertz CT molecular complexity index is 1310. The smallest absolute Gasteiger partial charge is 0.258 e. The van der Waals surface area contributed by atoms with Crippen LogP contribution in [0.25, 0.3) is 10.9 Å². The van der Waals surface area contributed by atoms with Crippen LogP contribution >= 0.6 is 11.8 Å². The van der Waals surface area contributed by atoms with Crippen molar-refractivity contribution < 1.29 is 4.74 Å². The van der Waals surface area contributed by atoms with Crippen LogP contribution in [-0.4, -0.2) is 24.8 Å². The molecule has 9 heteroatoms. The van der Waals surface area contributed by atoms with E-state index in [0.717, 1.165) is 11.3 Å². The van der Waals surface area contributed by atoms with Crippen LogP contribution in [0.15, 0.2) is 52.4 Å². The van der Waals surface area contributed by atoms with Crippen molar-refractivity contribution in [1.82, 2.24) is 24.8 Å². The fraction of sp³-hybridized carbons (Fsp3) is 0.304. The molecule has 2 heterocycles. The molecule has 4 aromatic rings. The second-order valence-corrected chi connectivity index (χ2v) is 9.55. The molecule has 2 aromatic carbocycles. The van der Waals surface area contributed by atoms with Crippen LogP contribution in [-0.2, 0) is 17.8 Å². The Balaban J connectivity index is 1.42. The minimum absolute atomic E-state index is 0.0883. The van der Waals surface area contributed by atoms with Gasteiger partial charge in [0.1, 0.15) is 18.2 Å². The van der Waals surface area contributed by atoms with Crippen LogP contribution in [0.4, 0.5) is 0 Å². The molecule has 0 spiro atoms. The maximum atomic E-state index is 12.4. The largest absolute Gasteiger partial charge is 0.486 e. The van der Waals surface area contributed by atoms with Crippen molar-refractivity contribution in [2.24, 2.45) is 0 Å². The number of ether oxygens (including phenoxy) is 1. The molecule has 0 aliphatic heterocycles. The number of nitrogens with zero attached hydrogens (tertiary/aromatic N) is 4. The zero-order valence-electron chi connectivity index (χ0n) is 18.5. The van der Waals surface area contributed by atoms with E-state index >= 15 is 0 Å². The first-order valence-electron chi connectivity index (χ1n) is 10.3. The summed E-state index contributed by atoms with van der Waals surface area (Å²) in [5.74, 6) is 8.36.